The summed E-state index contributed by atoms with van der Waals surface area (Å²) in [6.07, 6.45) is 0. The molecule has 10 heteroatoms. The molecule has 0 bridgehead atoms. The van der Waals surface area contributed by atoms with Gasteiger partial charge in [-0.15, -0.1) is 0 Å². The first-order valence-corrected chi connectivity index (χ1v) is 16.1. The van der Waals surface area contributed by atoms with Crippen LogP contribution in [0, 0.1) is 5.92 Å². The zero-order valence-corrected chi connectivity index (χ0v) is 26.5. The molecule has 0 fully saturated rings. The number of sulfonamides is 1. The van der Waals surface area contributed by atoms with Crippen molar-refractivity contribution in [2.24, 2.45) is 5.92 Å². The zero-order chi connectivity index (χ0) is 31.7. The van der Waals surface area contributed by atoms with E-state index < -0.39 is 28.5 Å². The van der Waals surface area contributed by atoms with Gasteiger partial charge in [-0.25, -0.2) is 8.42 Å². The molecule has 8 nitrogen and oxygen atoms in total. The van der Waals surface area contributed by atoms with Gasteiger partial charge < -0.3 is 15.0 Å². The van der Waals surface area contributed by atoms with Crippen LogP contribution in [-0.4, -0.2) is 44.3 Å². The Kier molecular flexibility index (Phi) is 11.0. The molecule has 0 aliphatic heterocycles. The van der Waals surface area contributed by atoms with Crippen molar-refractivity contribution < 1.29 is 22.7 Å². The molecule has 0 aliphatic carbocycles. The van der Waals surface area contributed by atoms with E-state index in [4.69, 9.17) is 16.3 Å². The summed E-state index contributed by atoms with van der Waals surface area (Å²) < 4.78 is 34.9. The molecule has 0 heterocycles. The predicted molar refractivity (Wildman–Crippen MR) is 173 cm³/mol. The van der Waals surface area contributed by atoms with E-state index in [1.54, 1.807) is 73.7 Å². The highest BCUT2D eigenvalue weighted by Gasteiger charge is 2.32. The third kappa shape index (κ3) is 8.61. The lowest BCUT2D eigenvalue weighted by atomic mass is 10.1. The fraction of sp³-hybridized carbons (Fsp3) is 0.235. The maximum atomic E-state index is 14.1. The number of benzene rings is 4. The monoisotopic (exact) mass is 633 g/mol. The zero-order valence-electron chi connectivity index (χ0n) is 24.9. The molecule has 0 saturated carbocycles. The molecule has 4 rings (SSSR count). The highest BCUT2D eigenvalue weighted by atomic mass is 35.5. The molecule has 1 atom stereocenters. The van der Waals surface area contributed by atoms with Gasteiger partial charge in [0, 0.05) is 18.1 Å². The number of para-hydroxylation sites is 1. The normalized spacial score (nSPS) is 11.9. The average molecular weight is 634 g/mol. The number of carbonyl (C=O) groups is 2. The van der Waals surface area contributed by atoms with Crippen LogP contribution in [0.4, 0.5) is 5.69 Å². The SMILES string of the molecule is CC(C)CNC(=O)[C@@H](C)N(Cc1cccc(Cl)c1)C(=O)CN(c1ccc(Oc2ccccc2)cc1)S(=O)(=O)c1ccccc1. The third-order valence-electron chi connectivity index (χ3n) is 6.81. The number of anilines is 1. The molecule has 1 N–H and O–H groups in total. The molecule has 0 radical (unpaired) electrons. The van der Waals surface area contributed by atoms with Gasteiger partial charge in [0.05, 0.1) is 10.6 Å². The van der Waals surface area contributed by atoms with E-state index in [1.807, 2.05) is 44.2 Å². The number of nitrogens with one attached hydrogen (secondary N) is 1. The highest BCUT2D eigenvalue weighted by Crippen LogP contribution is 2.28. The van der Waals surface area contributed by atoms with Crippen LogP contribution in [0.1, 0.15) is 26.3 Å². The van der Waals surface area contributed by atoms with Gasteiger partial charge in [-0.05, 0) is 79.1 Å². The summed E-state index contributed by atoms with van der Waals surface area (Å²) in [7, 11) is -4.18. The van der Waals surface area contributed by atoms with Crippen molar-refractivity contribution >= 4 is 39.1 Å². The maximum absolute atomic E-state index is 14.1. The van der Waals surface area contributed by atoms with Crippen molar-refractivity contribution in [2.45, 2.75) is 38.3 Å². The molecular formula is C34H36ClN3O5S. The topological polar surface area (TPSA) is 96.0 Å². The number of amides is 2. The Labute approximate surface area is 264 Å². The number of hydrogen-bond acceptors (Lipinski definition) is 5. The van der Waals surface area contributed by atoms with Crippen molar-refractivity contribution in [1.82, 2.24) is 10.2 Å². The third-order valence-corrected chi connectivity index (χ3v) is 8.83. The minimum atomic E-state index is -4.18. The van der Waals surface area contributed by atoms with Crippen LogP contribution in [0.5, 0.6) is 11.5 Å². The van der Waals surface area contributed by atoms with Crippen molar-refractivity contribution in [3.63, 3.8) is 0 Å². The van der Waals surface area contributed by atoms with Gasteiger partial charge in [-0.1, -0.05) is 74.0 Å². The number of nitrogens with zero attached hydrogens (tertiary/aromatic N) is 2. The molecule has 4 aromatic rings. The van der Waals surface area contributed by atoms with E-state index in [-0.39, 0.29) is 29.0 Å². The molecule has 0 saturated heterocycles. The van der Waals surface area contributed by atoms with Gasteiger partial charge in [0.25, 0.3) is 10.0 Å². The van der Waals surface area contributed by atoms with Crippen LogP contribution in [0.3, 0.4) is 0 Å². The van der Waals surface area contributed by atoms with Gasteiger partial charge in [-0.3, -0.25) is 13.9 Å². The maximum Gasteiger partial charge on any atom is 0.264 e. The first-order valence-electron chi connectivity index (χ1n) is 14.3. The van der Waals surface area contributed by atoms with Gasteiger partial charge in [0.1, 0.15) is 24.1 Å². The molecule has 0 aromatic heterocycles. The van der Waals surface area contributed by atoms with Crippen LogP contribution in [0.2, 0.25) is 5.02 Å². The lowest BCUT2D eigenvalue weighted by Crippen LogP contribution is -2.51. The second-order valence-corrected chi connectivity index (χ2v) is 13.0. The lowest BCUT2D eigenvalue weighted by molar-refractivity contribution is -0.139. The number of carbonyl (C=O) groups excluding carboxylic acids is 2. The second-order valence-electron chi connectivity index (χ2n) is 10.7. The van der Waals surface area contributed by atoms with Crippen LogP contribution < -0.4 is 14.4 Å². The Balaban J connectivity index is 1.68. The average Bonchev–Trinajstić information content (AvgIpc) is 3.02. The standard InChI is InChI=1S/C34H36ClN3O5S/c1-25(2)22-36-34(40)26(3)37(23-27-11-10-12-28(35)21-27)33(39)24-38(44(41,42)32-15-8-5-9-16-32)29-17-19-31(20-18-29)43-30-13-6-4-7-14-30/h4-21,25-26H,22-24H2,1-3H3,(H,36,40)/t26-/m1/s1. The Bertz CT molecular complexity index is 1650. The van der Waals surface area contributed by atoms with E-state index in [9.17, 15) is 18.0 Å². The van der Waals surface area contributed by atoms with Crippen LogP contribution in [0.15, 0.2) is 114 Å². The first-order chi connectivity index (χ1) is 21.0. The Hall–Kier alpha value is -4.34. The molecule has 2 amide bonds. The Morgan fingerprint density at radius 1 is 0.818 bits per heavy atom. The van der Waals surface area contributed by atoms with E-state index in [2.05, 4.69) is 5.32 Å². The van der Waals surface area contributed by atoms with E-state index in [0.29, 0.717) is 28.6 Å². The Morgan fingerprint density at radius 3 is 2.05 bits per heavy atom. The summed E-state index contributed by atoms with van der Waals surface area (Å²) in [4.78, 5) is 28.6. The summed E-state index contributed by atoms with van der Waals surface area (Å²) in [5.41, 5.74) is 0.969. The minimum Gasteiger partial charge on any atom is -0.457 e. The molecule has 0 aliphatic rings. The van der Waals surface area contributed by atoms with Crippen LogP contribution >= 0.6 is 11.6 Å². The summed E-state index contributed by atoms with van der Waals surface area (Å²) in [5.74, 6) is 0.450. The summed E-state index contributed by atoms with van der Waals surface area (Å²) in [6.45, 7) is 5.53. The smallest absolute Gasteiger partial charge is 0.264 e. The highest BCUT2D eigenvalue weighted by molar-refractivity contribution is 7.92. The quantitative estimate of drug-likeness (QED) is 0.181. The molecule has 0 unspecified atom stereocenters. The lowest BCUT2D eigenvalue weighted by Gasteiger charge is -2.32. The van der Waals surface area contributed by atoms with E-state index in [0.717, 1.165) is 4.31 Å². The van der Waals surface area contributed by atoms with Gasteiger partial charge in [0.15, 0.2) is 0 Å². The van der Waals surface area contributed by atoms with Crippen molar-refractivity contribution in [3.8, 4) is 11.5 Å². The number of ether oxygens (including phenoxy) is 1. The predicted octanol–water partition coefficient (Wildman–Crippen LogP) is 6.52. The fourth-order valence-corrected chi connectivity index (χ4v) is 6.07. The van der Waals surface area contributed by atoms with Crippen LogP contribution in [0.25, 0.3) is 0 Å². The molecule has 4 aromatic carbocycles. The largest absolute Gasteiger partial charge is 0.457 e. The van der Waals surface area contributed by atoms with E-state index >= 15 is 0 Å². The molecule has 230 valence electrons. The van der Waals surface area contributed by atoms with Crippen molar-refractivity contribution in [2.75, 3.05) is 17.4 Å². The number of halogens is 1. The van der Waals surface area contributed by atoms with Gasteiger partial charge >= 0.3 is 0 Å². The number of hydrogen-bond donors (Lipinski definition) is 1. The van der Waals surface area contributed by atoms with Crippen LogP contribution in [-0.2, 0) is 26.2 Å². The minimum absolute atomic E-state index is 0.0292. The summed E-state index contributed by atoms with van der Waals surface area (Å²) in [5, 5.41) is 3.36. The summed E-state index contributed by atoms with van der Waals surface area (Å²) in [6, 6.07) is 29.7. The van der Waals surface area contributed by atoms with Gasteiger partial charge in [0.2, 0.25) is 11.8 Å². The molecule has 0 spiro atoms. The number of rotatable bonds is 13. The van der Waals surface area contributed by atoms with Crippen molar-refractivity contribution in [3.05, 3.63) is 120 Å². The fourth-order valence-electron chi connectivity index (χ4n) is 4.42. The second kappa shape index (κ2) is 14.9. The summed E-state index contributed by atoms with van der Waals surface area (Å²) >= 11 is 6.21. The molecular weight excluding hydrogens is 598 g/mol. The van der Waals surface area contributed by atoms with Gasteiger partial charge in [-0.2, -0.15) is 0 Å². The first kappa shape index (κ1) is 32.6. The van der Waals surface area contributed by atoms with Crippen molar-refractivity contribution in [1.29, 1.82) is 0 Å². The van der Waals surface area contributed by atoms with E-state index in [1.165, 1.54) is 17.0 Å². The molecule has 44 heavy (non-hydrogen) atoms. The Morgan fingerprint density at radius 2 is 1.43 bits per heavy atom.